The van der Waals surface area contributed by atoms with Crippen LogP contribution < -0.4 is 5.32 Å². The number of nitrogens with one attached hydrogen (secondary N) is 1. The molecular formula is C21H25N3O5S. The predicted octanol–water partition coefficient (Wildman–Crippen LogP) is 2.64. The van der Waals surface area contributed by atoms with Crippen LogP contribution in [0.5, 0.6) is 0 Å². The highest BCUT2D eigenvalue weighted by Gasteiger charge is 2.24. The Morgan fingerprint density at radius 3 is 2.93 bits per heavy atom. The summed E-state index contributed by atoms with van der Waals surface area (Å²) in [6.45, 7) is 3.42. The van der Waals surface area contributed by atoms with Crippen molar-refractivity contribution in [3.63, 3.8) is 0 Å². The van der Waals surface area contributed by atoms with E-state index in [1.807, 2.05) is 6.92 Å². The number of carbonyl (C=O) groups excluding carboxylic acids is 3. The van der Waals surface area contributed by atoms with Gasteiger partial charge in [-0.1, -0.05) is 18.7 Å². The predicted molar refractivity (Wildman–Crippen MR) is 111 cm³/mol. The van der Waals surface area contributed by atoms with Crippen LogP contribution in [-0.4, -0.2) is 52.6 Å². The van der Waals surface area contributed by atoms with Crippen molar-refractivity contribution in [1.82, 2.24) is 15.2 Å². The van der Waals surface area contributed by atoms with Gasteiger partial charge < -0.3 is 19.4 Å². The second-order valence-corrected chi connectivity index (χ2v) is 7.98. The molecule has 1 fully saturated rings. The number of rotatable bonds is 10. The normalized spacial score (nSPS) is 14.6. The number of esters is 1. The zero-order valence-electron chi connectivity index (χ0n) is 16.8. The van der Waals surface area contributed by atoms with Crippen LogP contribution in [0.15, 0.2) is 46.2 Å². The summed E-state index contributed by atoms with van der Waals surface area (Å²) in [5.74, 6) is 0.0938. The summed E-state index contributed by atoms with van der Waals surface area (Å²) in [5, 5.41) is 2.87. The van der Waals surface area contributed by atoms with Gasteiger partial charge in [0, 0.05) is 19.2 Å². The summed E-state index contributed by atoms with van der Waals surface area (Å²) in [6.07, 6.45) is 5.10. The zero-order valence-corrected chi connectivity index (χ0v) is 17.7. The minimum Gasteiger partial charge on any atom is -0.467 e. The van der Waals surface area contributed by atoms with Crippen LogP contribution in [0.3, 0.4) is 0 Å². The van der Waals surface area contributed by atoms with E-state index < -0.39 is 11.2 Å². The molecule has 1 N–H and O–H groups in total. The van der Waals surface area contributed by atoms with Crippen molar-refractivity contribution >= 4 is 29.5 Å². The fourth-order valence-electron chi connectivity index (χ4n) is 3.07. The maximum atomic E-state index is 12.5. The van der Waals surface area contributed by atoms with E-state index in [2.05, 4.69) is 10.3 Å². The van der Waals surface area contributed by atoms with Crippen molar-refractivity contribution in [2.24, 2.45) is 0 Å². The molecule has 2 amide bonds. The molecule has 30 heavy (non-hydrogen) atoms. The average Bonchev–Trinajstić information content (AvgIpc) is 3.42. The molecule has 1 aliphatic heterocycles. The van der Waals surface area contributed by atoms with E-state index in [1.54, 1.807) is 41.6 Å². The monoisotopic (exact) mass is 431 g/mol. The smallest absolute Gasteiger partial charge is 0.340 e. The Balaban J connectivity index is 1.56. The number of furan rings is 1. The Morgan fingerprint density at radius 2 is 2.23 bits per heavy atom. The van der Waals surface area contributed by atoms with Gasteiger partial charge in [0.05, 0.1) is 30.2 Å². The molecule has 8 nitrogen and oxygen atoms in total. The van der Waals surface area contributed by atoms with Crippen LogP contribution >= 0.6 is 11.8 Å². The lowest BCUT2D eigenvalue weighted by atomic mass is 10.3. The SMILES string of the molecule is CC[C@@H](Sc1ncccc1C(=O)OCCN1CCCC1=O)C(=O)NCc1ccco1. The molecule has 0 radical (unpaired) electrons. The number of hydrogen-bond acceptors (Lipinski definition) is 7. The largest absolute Gasteiger partial charge is 0.467 e. The summed E-state index contributed by atoms with van der Waals surface area (Å²) in [6, 6.07) is 6.84. The number of pyridine rings is 1. The molecule has 0 bridgehead atoms. The quantitative estimate of drug-likeness (QED) is 0.456. The van der Waals surface area contributed by atoms with Gasteiger partial charge in [0.15, 0.2) is 0 Å². The minimum absolute atomic E-state index is 0.0926. The third-order valence-electron chi connectivity index (χ3n) is 4.69. The topological polar surface area (TPSA) is 102 Å². The van der Waals surface area contributed by atoms with Gasteiger partial charge in [-0.05, 0) is 37.1 Å². The average molecular weight is 432 g/mol. The summed E-state index contributed by atoms with van der Waals surface area (Å²) in [5.41, 5.74) is 0.313. The van der Waals surface area contributed by atoms with E-state index in [4.69, 9.17) is 9.15 Å². The van der Waals surface area contributed by atoms with E-state index in [1.165, 1.54) is 11.8 Å². The molecule has 0 aromatic carbocycles. The number of thioether (sulfide) groups is 1. The van der Waals surface area contributed by atoms with Crippen molar-refractivity contribution in [2.45, 2.75) is 43.0 Å². The fourth-order valence-corrected chi connectivity index (χ4v) is 4.09. The molecule has 0 spiro atoms. The summed E-state index contributed by atoms with van der Waals surface area (Å²) in [4.78, 5) is 42.7. The molecule has 0 saturated carbocycles. The van der Waals surface area contributed by atoms with Crippen LogP contribution in [0.25, 0.3) is 0 Å². The summed E-state index contributed by atoms with van der Waals surface area (Å²) >= 11 is 1.23. The second kappa shape index (κ2) is 10.8. The molecule has 2 aromatic rings. The first-order valence-electron chi connectivity index (χ1n) is 9.95. The van der Waals surface area contributed by atoms with Gasteiger partial charge in [-0.25, -0.2) is 9.78 Å². The van der Waals surface area contributed by atoms with E-state index in [-0.39, 0.29) is 18.4 Å². The Kier molecular flexibility index (Phi) is 7.89. The van der Waals surface area contributed by atoms with Gasteiger partial charge in [0.25, 0.3) is 0 Å². The van der Waals surface area contributed by atoms with Gasteiger partial charge in [0.2, 0.25) is 11.8 Å². The molecule has 1 atom stereocenters. The van der Waals surface area contributed by atoms with Crippen LogP contribution in [0.2, 0.25) is 0 Å². The van der Waals surface area contributed by atoms with Crippen molar-refractivity contribution < 1.29 is 23.5 Å². The first kappa shape index (κ1) is 21.9. The lowest BCUT2D eigenvalue weighted by Crippen LogP contribution is -2.32. The molecule has 160 valence electrons. The standard InChI is InChI=1S/C21H25N3O5S/c1-2-17(19(26)23-14-15-6-5-12-28-15)30-20-16(7-3-9-22-20)21(27)29-13-11-24-10-4-8-18(24)25/h3,5-7,9,12,17H,2,4,8,10-11,13-14H2,1H3,(H,23,26)/t17-/m1/s1. The zero-order chi connectivity index (χ0) is 21.3. The number of nitrogens with zero attached hydrogens (tertiary/aromatic N) is 2. The number of ether oxygens (including phenoxy) is 1. The Bertz CT molecular complexity index is 871. The Labute approximate surface area is 179 Å². The fraction of sp³-hybridized carbons (Fsp3) is 0.429. The van der Waals surface area contributed by atoms with Crippen molar-refractivity contribution in [2.75, 3.05) is 19.7 Å². The van der Waals surface area contributed by atoms with Crippen LogP contribution in [0.1, 0.15) is 42.3 Å². The Morgan fingerprint density at radius 1 is 1.37 bits per heavy atom. The van der Waals surface area contributed by atoms with Gasteiger partial charge >= 0.3 is 5.97 Å². The van der Waals surface area contributed by atoms with Crippen LogP contribution in [0.4, 0.5) is 0 Å². The highest BCUT2D eigenvalue weighted by atomic mass is 32.2. The first-order chi connectivity index (χ1) is 14.6. The van der Waals surface area contributed by atoms with E-state index in [0.29, 0.717) is 48.8 Å². The molecule has 3 heterocycles. The number of amides is 2. The number of carbonyl (C=O) groups is 3. The maximum absolute atomic E-state index is 12.5. The highest BCUT2D eigenvalue weighted by Crippen LogP contribution is 2.27. The minimum atomic E-state index is -0.511. The van der Waals surface area contributed by atoms with Crippen molar-refractivity contribution in [3.8, 4) is 0 Å². The molecular weight excluding hydrogens is 406 g/mol. The maximum Gasteiger partial charge on any atom is 0.340 e. The molecule has 1 aliphatic rings. The molecule has 0 aliphatic carbocycles. The number of hydrogen-bond donors (Lipinski definition) is 1. The van der Waals surface area contributed by atoms with Crippen molar-refractivity contribution in [3.05, 3.63) is 48.0 Å². The molecule has 3 rings (SSSR count). The van der Waals surface area contributed by atoms with Gasteiger partial charge in [-0.15, -0.1) is 0 Å². The third kappa shape index (κ3) is 5.85. The number of aromatic nitrogens is 1. The summed E-state index contributed by atoms with van der Waals surface area (Å²) in [7, 11) is 0. The Hall–Kier alpha value is -2.81. The summed E-state index contributed by atoms with van der Waals surface area (Å²) < 4.78 is 10.6. The van der Waals surface area contributed by atoms with E-state index in [0.717, 1.165) is 6.42 Å². The third-order valence-corrected chi connectivity index (χ3v) is 6.07. The lowest BCUT2D eigenvalue weighted by molar-refractivity contribution is -0.128. The van der Waals surface area contributed by atoms with E-state index >= 15 is 0 Å². The van der Waals surface area contributed by atoms with Crippen LogP contribution in [0, 0.1) is 0 Å². The lowest BCUT2D eigenvalue weighted by Gasteiger charge is -2.17. The van der Waals surface area contributed by atoms with Crippen molar-refractivity contribution in [1.29, 1.82) is 0 Å². The van der Waals surface area contributed by atoms with Gasteiger partial charge in [-0.2, -0.15) is 0 Å². The molecule has 0 unspecified atom stereocenters. The van der Waals surface area contributed by atoms with E-state index in [9.17, 15) is 14.4 Å². The van der Waals surface area contributed by atoms with Crippen LogP contribution in [-0.2, 0) is 20.9 Å². The number of likely N-dealkylation sites (tertiary alicyclic amines) is 1. The first-order valence-corrected chi connectivity index (χ1v) is 10.8. The second-order valence-electron chi connectivity index (χ2n) is 6.79. The molecule has 2 aromatic heterocycles. The van der Waals surface area contributed by atoms with Gasteiger partial charge in [0.1, 0.15) is 17.4 Å². The van der Waals surface area contributed by atoms with Gasteiger partial charge in [-0.3, -0.25) is 9.59 Å². The molecule has 1 saturated heterocycles. The highest BCUT2D eigenvalue weighted by molar-refractivity contribution is 8.00. The molecule has 9 heteroatoms.